The fourth-order valence-electron chi connectivity index (χ4n) is 3.92. The number of fused-ring (bicyclic) bond motifs is 1. The van der Waals surface area contributed by atoms with Crippen molar-refractivity contribution >= 4 is 23.2 Å². The lowest BCUT2D eigenvalue weighted by atomic mass is 9.84. The Bertz CT molecular complexity index is 1270. The van der Waals surface area contributed by atoms with E-state index in [1.165, 1.54) is 0 Å². The molecule has 0 amide bonds. The summed E-state index contributed by atoms with van der Waals surface area (Å²) in [7, 11) is 0. The van der Waals surface area contributed by atoms with Crippen LogP contribution in [-0.2, 0) is 13.0 Å². The molecular weight excluding hydrogens is 433 g/mol. The number of nitrogens with two attached hydrogens (primary N) is 1. The van der Waals surface area contributed by atoms with Crippen LogP contribution in [0.3, 0.4) is 0 Å². The van der Waals surface area contributed by atoms with Gasteiger partial charge in [0.15, 0.2) is 0 Å². The summed E-state index contributed by atoms with van der Waals surface area (Å²) in [5.41, 5.74) is 8.52. The number of aryl methyl sites for hydroxylation is 2. The highest BCUT2D eigenvalue weighted by Crippen LogP contribution is 2.45. The van der Waals surface area contributed by atoms with E-state index in [0.29, 0.717) is 39.9 Å². The highest BCUT2D eigenvalue weighted by atomic mass is 35.5. The van der Waals surface area contributed by atoms with Crippen molar-refractivity contribution in [2.24, 2.45) is 5.73 Å². The van der Waals surface area contributed by atoms with Crippen LogP contribution in [0, 0.1) is 18.3 Å². The molecule has 0 bridgehead atoms. The minimum absolute atomic E-state index is 0.0585. The molecule has 0 saturated carbocycles. The van der Waals surface area contributed by atoms with E-state index >= 15 is 0 Å². The van der Waals surface area contributed by atoms with Gasteiger partial charge in [0.25, 0.3) is 5.56 Å². The van der Waals surface area contributed by atoms with Crippen LogP contribution in [0.25, 0.3) is 0 Å². The summed E-state index contributed by atoms with van der Waals surface area (Å²) >= 11 is 12.9. The number of hydrogen-bond acceptors (Lipinski definition) is 4. The first-order valence-electron chi connectivity index (χ1n) is 9.72. The third-order valence-electron chi connectivity index (χ3n) is 5.45. The number of benzene rings is 2. The number of halogens is 2. The van der Waals surface area contributed by atoms with Gasteiger partial charge in [-0.2, -0.15) is 5.26 Å². The van der Waals surface area contributed by atoms with E-state index in [4.69, 9.17) is 33.7 Å². The second-order valence-electron chi connectivity index (χ2n) is 7.32. The average Bonchev–Trinajstić information content (AvgIpc) is 2.74. The van der Waals surface area contributed by atoms with Gasteiger partial charge in [0.2, 0.25) is 5.88 Å². The molecule has 1 aromatic heterocycles. The zero-order chi connectivity index (χ0) is 22.1. The number of nitrogens with zero attached hydrogens (tertiary/aromatic N) is 2. The number of allylic oxidation sites excluding steroid dienone is 1. The Morgan fingerprint density at radius 3 is 2.42 bits per heavy atom. The monoisotopic (exact) mass is 451 g/mol. The van der Waals surface area contributed by atoms with Gasteiger partial charge in [-0.1, -0.05) is 59.6 Å². The molecule has 3 aromatic rings. The predicted octanol–water partition coefficient (Wildman–Crippen LogP) is 4.92. The Morgan fingerprint density at radius 2 is 1.77 bits per heavy atom. The predicted molar refractivity (Wildman–Crippen MR) is 121 cm³/mol. The van der Waals surface area contributed by atoms with Gasteiger partial charge in [0.05, 0.1) is 11.5 Å². The van der Waals surface area contributed by atoms with E-state index in [1.807, 2.05) is 37.3 Å². The molecule has 5 nitrogen and oxygen atoms in total. The number of rotatable bonds is 4. The van der Waals surface area contributed by atoms with Gasteiger partial charge in [-0.15, -0.1) is 0 Å². The highest BCUT2D eigenvalue weighted by Gasteiger charge is 2.36. The van der Waals surface area contributed by atoms with Crippen molar-refractivity contribution in [3.8, 4) is 11.8 Å². The number of hydrogen-bond donors (Lipinski definition) is 1. The molecule has 31 heavy (non-hydrogen) atoms. The van der Waals surface area contributed by atoms with Crippen LogP contribution in [0.15, 0.2) is 70.8 Å². The summed E-state index contributed by atoms with van der Waals surface area (Å²) in [5.74, 6) is -0.557. The quantitative estimate of drug-likeness (QED) is 0.609. The van der Waals surface area contributed by atoms with Crippen LogP contribution in [0.5, 0.6) is 5.75 Å². The second kappa shape index (κ2) is 8.50. The van der Waals surface area contributed by atoms with Crippen LogP contribution < -0.4 is 16.0 Å². The van der Waals surface area contributed by atoms with E-state index in [-0.39, 0.29) is 17.0 Å². The van der Waals surface area contributed by atoms with E-state index in [9.17, 15) is 10.1 Å². The minimum Gasteiger partial charge on any atom is -0.440 e. The Morgan fingerprint density at radius 1 is 1.10 bits per heavy atom. The van der Waals surface area contributed by atoms with E-state index < -0.39 is 5.92 Å². The summed E-state index contributed by atoms with van der Waals surface area (Å²) in [6, 6.07) is 18.8. The molecular formula is C24H19Cl2N3O2. The van der Waals surface area contributed by atoms with Crippen LogP contribution in [0.1, 0.15) is 28.3 Å². The van der Waals surface area contributed by atoms with Gasteiger partial charge < -0.3 is 15.0 Å². The number of ether oxygens (including phenoxy) is 1. The summed E-state index contributed by atoms with van der Waals surface area (Å²) in [5, 5.41) is 10.5. The third kappa shape index (κ3) is 3.81. The third-order valence-corrected chi connectivity index (χ3v) is 6.10. The molecule has 1 aliphatic rings. The molecule has 0 radical (unpaired) electrons. The van der Waals surface area contributed by atoms with Crippen LogP contribution >= 0.6 is 23.2 Å². The molecule has 2 aromatic carbocycles. The first-order chi connectivity index (χ1) is 14.9. The average molecular weight is 452 g/mol. The molecule has 1 unspecified atom stereocenters. The van der Waals surface area contributed by atoms with Crippen LogP contribution in [-0.4, -0.2) is 4.57 Å². The molecule has 0 spiro atoms. The van der Waals surface area contributed by atoms with Gasteiger partial charge in [-0.3, -0.25) is 4.79 Å². The molecule has 1 atom stereocenters. The molecule has 2 heterocycles. The maximum Gasteiger partial charge on any atom is 0.258 e. The topological polar surface area (TPSA) is 81.0 Å². The molecule has 156 valence electrons. The highest BCUT2D eigenvalue weighted by molar-refractivity contribution is 6.36. The molecule has 7 heteroatoms. The number of pyridine rings is 1. The Balaban J connectivity index is 1.89. The Labute approximate surface area is 189 Å². The van der Waals surface area contributed by atoms with Crippen molar-refractivity contribution in [1.29, 1.82) is 5.26 Å². The van der Waals surface area contributed by atoms with E-state index in [0.717, 1.165) is 11.3 Å². The maximum atomic E-state index is 13.7. The van der Waals surface area contributed by atoms with Gasteiger partial charge in [-0.25, -0.2) is 0 Å². The lowest BCUT2D eigenvalue weighted by Gasteiger charge is -2.28. The van der Waals surface area contributed by atoms with Gasteiger partial charge in [-0.05, 0) is 31.0 Å². The van der Waals surface area contributed by atoms with E-state index in [2.05, 4.69) is 6.07 Å². The molecule has 0 saturated heterocycles. The van der Waals surface area contributed by atoms with Crippen molar-refractivity contribution in [2.45, 2.75) is 25.8 Å². The summed E-state index contributed by atoms with van der Waals surface area (Å²) in [6.07, 6.45) is 0.682. The fourth-order valence-corrected chi connectivity index (χ4v) is 4.54. The van der Waals surface area contributed by atoms with Crippen molar-refractivity contribution in [3.05, 3.63) is 109 Å². The van der Waals surface area contributed by atoms with Crippen molar-refractivity contribution in [3.63, 3.8) is 0 Å². The normalized spacial score (nSPS) is 15.2. The molecule has 0 aliphatic carbocycles. The summed E-state index contributed by atoms with van der Waals surface area (Å²) < 4.78 is 7.37. The van der Waals surface area contributed by atoms with Gasteiger partial charge >= 0.3 is 0 Å². The zero-order valence-corrected chi connectivity index (χ0v) is 18.2. The molecule has 2 N–H and O–H groups in total. The van der Waals surface area contributed by atoms with E-state index in [1.54, 1.807) is 28.8 Å². The first kappa shape index (κ1) is 21.0. The molecule has 0 fully saturated rings. The Hall–Kier alpha value is -3.20. The summed E-state index contributed by atoms with van der Waals surface area (Å²) in [4.78, 5) is 13.7. The van der Waals surface area contributed by atoms with Gasteiger partial charge in [0.1, 0.15) is 17.4 Å². The zero-order valence-electron chi connectivity index (χ0n) is 16.7. The lowest BCUT2D eigenvalue weighted by Crippen LogP contribution is -2.33. The largest absolute Gasteiger partial charge is 0.440 e. The minimum atomic E-state index is -0.814. The van der Waals surface area contributed by atoms with Gasteiger partial charge in [0, 0.05) is 33.9 Å². The molecule has 4 rings (SSSR count). The lowest BCUT2D eigenvalue weighted by molar-refractivity contribution is 0.388. The maximum absolute atomic E-state index is 13.7. The number of aromatic nitrogens is 1. The number of nitriles is 1. The van der Waals surface area contributed by atoms with Crippen molar-refractivity contribution < 1.29 is 4.74 Å². The second-order valence-corrected chi connectivity index (χ2v) is 8.13. The standard InChI is InChI=1S/C24H19Cl2N3O2/c1-14-12-19-22(24(30)29(14)11-10-15-6-3-2-4-7-15)20(16(13-27)23(28)31-19)21-17(25)8-5-9-18(21)26/h2-9,12,20H,10-11,28H2,1H3. The fraction of sp³-hybridized carbons (Fsp3) is 0.167. The first-order valence-corrected chi connectivity index (χ1v) is 10.5. The smallest absolute Gasteiger partial charge is 0.258 e. The SMILES string of the molecule is Cc1cc2c(c(=O)n1CCc1ccccc1)C(c1c(Cl)cccc1Cl)C(C#N)=C(N)O2. The Kier molecular flexibility index (Phi) is 5.77. The van der Waals surface area contributed by atoms with Crippen LogP contribution in [0.4, 0.5) is 0 Å². The van der Waals surface area contributed by atoms with Crippen molar-refractivity contribution in [2.75, 3.05) is 0 Å². The molecule has 1 aliphatic heterocycles. The van der Waals surface area contributed by atoms with Crippen LogP contribution in [0.2, 0.25) is 10.0 Å². The summed E-state index contributed by atoms with van der Waals surface area (Å²) in [6.45, 7) is 2.32. The van der Waals surface area contributed by atoms with Crippen molar-refractivity contribution in [1.82, 2.24) is 4.57 Å².